The van der Waals surface area contributed by atoms with Crippen molar-refractivity contribution in [2.24, 2.45) is 0 Å². The maximum atomic E-state index is 6.20. The fourth-order valence-corrected chi connectivity index (χ4v) is 2.45. The van der Waals surface area contributed by atoms with Crippen LogP contribution in [0.2, 0.25) is 5.02 Å². The number of fused-ring (bicyclic) bond motifs is 1. The lowest BCUT2D eigenvalue weighted by molar-refractivity contribution is 0.495. The van der Waals surface area contributed by atoms with Gasteiger partial charge in [0.1, 0.15) is 0 Å². The van der Waals surface area contributed by atoms with Gasteiger partial charge in [-0.3, -0.25) is 4.98 Å². The van der Waals surface area contributed by atoms with Crippen molar-refractivity contribution >= 4 is 22.5 Å². The molecule has 0 radical (unpaired) electrons. The summed E-state index contributed by atoms with van der Waals surface area (Å²) in [5, 5.41) is 5.36. The zero-order chi connectivity index (χ0) is 13.7. The van der Waals surface area contributed by atoms with Gasteiger partial charge in [-0.25, -0.2) is 0 Å². The van der Waals surface area contributed by atoms with E-state index in [-0.39, 0.29) is 0 Å². The molecule has 1 aromatic carbocycles. The standard InChI is InChI=1S/C16H21ClN2/c1-3-4-6-12(2)19-11-13-8-9-15(17)14-7-5-10-18-16(13)14/h5,7-10,12,19H,3-4,6,11H2,1-2H3. The highest BCUT2D eigenvalue weighted by Crippen LogP contribution is 2.24. The van der Waals surface area contributed by atoms with Crippen molar-refractivity contribution < 1.29 is 0 Å². The summed E-state index contributed by atoms with van der Waals surface area (Å²) >= 11 is 6.20. The monoisotopic (exact) mass is 276 g/mol. The Hall–Kier alpha value is -1.12. The van der Waals surface area contributed by atoms with Gasteiger partial charge in [0.25, 0.3) is 0 Å². The van der Waals surface area contributed by atoms with Crippen LogP contribution >= 0.6 is 11.6 Å². The Bertz CT molecular complexity index is 539. The highest BCUT2D eigenvalue weighted by Gasteiger charge is 2.07. The van der Waals surface area contributed by atoms with Crippen LogP contribution in [0.1, 0.15) is 38.7 Å². The van der Waals surface area contributed by atoms with E-state index in [2.05, 4.69) is 30.2 Å². The van der Waals surface area contributed by atoms with Crippen LogP contribution < -0.4 is 5.32 Å². The van der Waals surface area contributed by atoms with Crippen LogP contribution in [0.3, 0.4) is 0 Å². The van der Waals surface area contributed by atoms with E-state index in [1.807, 2.05) is 24.4 Å². The zero-order valence-corrected chi connectivity index (χ0v) is 12.4. The van der Waals surface area contributed by atoms with Gasteiger partial charge in [0.05, 0.1) is 5.52 Å². The molecule has 1 atom stereocenters. The molecule has 0 saturated heterocycles. The maximum Gasteiger partial charge on any atom is 0.0761 e. The third-order valence-electron chi connectivity index (χ3n) is 3.43. The first-order valence-electron chi connectivity index (χ1n) is 6.98. The van der Waals surface area contributed by atoms with Crippen LogP contribution in [-0.4, -0.2) is 11.0 Å². The normalized spacial score (nSPS) is 12.8. The van der Waals surface area contributed by atoms with Crippen LogP contribution in [0, 0.1) is 0 Å². The van der Waals surface area contributed by atoms with Crippen molar-refractivity contribution in [1.29, 1.82) is 0 Å². The Balaban J connectivity index is 2.11. The lowest BCUT2D eigenvalue weighted by Gasteiger charge is -2.14. The number of halogens is 1. The number of hydrogen-bond donors (Lipinski definition) is 1. The number of unbranched alkanes of at least 4 members (excludes halogenated alkanes) is 1. The number of pyridine rings is 1. The minimum atomic E-state index is 0.536. The largest absolute Gasteiger partial charge is 0.310 e. The summed E-state index contributed by atoms with van der Waals surface area (Å²) in [5.41, 5.74) is 2.22. The van der Waals surface area contributed by atoms with Gasteiger partial charge in [-0.1, -0.05) is 37.4 Å². The Morgan fingerprint density at radius 3 is 2.95 bits per heavy atom. The first-order chi connectivity index (χ1) is 9.22. The average molecular weight is 277 g/mol. The van der Waals surface area contributed by atoms with E-state index in [0.717, 1.165) is 22.5 Å². The molecule has 1 N–H and O–H groups in total. The van der Waals surface area contributed by atoms with Crippen molar-refractivity contribution in [3.63, 3.8) is 0 Å². The van der Waals surface area contributed by atoms with Gasteiger partial charge in [0.2, 0.25) is 0 Å². The van der Waals surface area contributed by atoms with Gasteiger partial charge >= 0.3 is 0 Å². The van der Waals surface area contributed by atoms with E-state index in [0.29, 0.717) is 6.04 Å². The number of nitrogens with one attached hydrogen (secondary N) is 1. The minimum Gasteiger partial charge on any atom is -0.310 e. The van der Waals surface area contributed by atoms with Gasteiger partial charge in [-0.15, -0.1) is 0 Å². The molecule has 2 rings (SSSR count). The highest BCUT2D eigenvalue weighted by molar-refractivity contribution is 6.35. The predicted molar refractivity (Wildman–Crippen MR) is 82.6 cm³/mol. The molecule has 0 amide bonds. The molecule has 1 unspecified atom stereocenters. The van der Waals surface area contributed by atoms with Gasteiger partial charge in [-0.2, -0.15) is 0 Å². The molecule has 1 heterocycles. The van der Waals surface area contributed by atoms with Crippen molar-refractivity contribution in [1.82, 2.24) is 10.3 Å². The van der Waals surface area contributed by atoms with Crippen molar-refractivity contribution in [3.05, 3.63) is 41.0 Å². The Morgan fingerprint density at radius 1 is 1.32 bits per heavy atom. The predicted octanol–water partition coefficient (Wildman–Crippen LogP) is 4.56. The summed E-state index contributed by atoms with van der Waals surface area (Å²) < 4.78 is 0. The van der Waals surface area contributed by atoms with Crippen molar-refractivity contribution in [2.75, 3.05) is 0 Å². The van der Waals surface area contributed by atoms with Crippen LogP contribution in [0.4, 0.5) is 0 Å². The summed E-state index contributed by atoms with van der Waals surface area (Å²) in [7, 11) is 0. The van der Waals surface area contributed by atoms with Crippen LogP contribution in [0.5, 0.6) is 0 Å². The molecule has 3 heteroatoms. The van der Waals surface area contributed by atoms with E-state index in [1.54, 1.807) is 0 Å². The number of nitrogens with zero attached hydrogens (tertiary/aromatic N) is 1. The van der Waals surface area contributed by atoms with Crippen molar-refractivity contribution in [2.45, 2.75) is 45.7 Å². The van der Waals surface area contributed by atoms with E-state index in [9.17, 15) is 0 Å². The number of rotatable bonds is 6. The molecule has 0 bridgehead atoms. The summed E-state index contributed by atoms with van der Waals surface area (Å²) in [4.78, 5) is 4.46. The topological polar surface area (TPSA) is 24.9 Å². The molecule has 0 fully saturated rings. The van der Waals surface area contributed by atoms with E-state index in [4.69, 9.17) is 11.6 Å². The molecule has 19 heavy (non-hydrogen) atoms. The SMILES string of the molecule is CCCCC(C)NCc1ccc(Cl)c2cccnc12. The lowest BCUT2D eigenvalue weighted by Crippen LogP contribution is -2.25. The van der Waals surface area contributed by atoms with E-state index < -0.39 is 0 Å². The third kappa shape index (κ3) is 3.68. The van der Waals surface area contributed by atoms with Crippen LogP contribution in [0.15, 0.2) is 30.5 Å². The Morgan fingerprint density at radius 2 is 2.16 bits per heavy atom. The second-order valence-electron chi connectivity index (χ2n) is 5.03. The first kappa shape index (κ1) is 14.3. The third-order valence-corrected chi connectivity index (χ3v) is 3.76. The summed E-state index contributed by atoms with van der Waals surface area (Å²) in [6.45, 7) is 5.31. The summed E-state index contributed by atoms with van der Waals surface area (Å²) in [5.74, 6) is 0. The zero-order valence-electron chi connectivity index (χ0n) is 11.6. The second-order valence-corrected chi connectivity index (χ2v) is 5.44. The summed E-state index contributed by atoms with van der Waals surface area (Å²) in [6.07, 6.45) is 5.56. The Kier molecular flexibility index (Phi) is 5.17. The molecule has 0 aliphatic carbocycles. The first-order valence-corrected chi connectivity index (χ1v) is 7.35. The van der Waals surface area contributed by atoms with Gasteiger partial charge < -0.3 is 5.32 Å². The van der Waals surface area contributed by atoms with Gasteiger partial charge in [0, 0.05) is 29.2 Å². The molecule has 0 aliphatic rings. The fourth-order valence-electron chi connectivity index (χ4n) is 2.24. The maximum absolute atomic E-state index is 6.20. The molecule has 1 aromatic heterocycles. The van der Waals surface area contributed by atoms with Crippen molar-refractivity contribution in [3.8, 4) is 0 Å². The molecular formula is C16H21ClN2. The van der Waals surface area contributed by atoms with E-state index in [1.165, 1.54) is 24.8 Å². The second kappa shape index (κ2) is 6.88. The summed E-state index contributed by atoms with van der Waals surface area (Å²) in [6, 6.07) is 8.51. The number of hydrogen-bond acceptors (Lipinski definition) is 2. The minimum absolute atomic E-state index is 0.536. The average Bonchev–Trinajstić information content (AvgIpc) is 2.45. The molecular weight excluding hydrogens is 256 g/mol. The van der Waals surface area contributed by atoms with Gasteiger partial charge in [0.15, 0.2) is 0 Å². The van der Waals surface area contributed by atoms with Crippen LogP contribution in [0.25, 0.3) is 10.9 Å². The number of benzene rings is 1. The van der Waals surface area contributed by atoms with Crippen LogP contribution in [-0.2, 0) is 6.54 Å². The Labute approximate surface area is 120 Å². The molecule has 2 nitrogen and oxygen atoms in total. The highest BCUT2D eigenvalue weighted by atomic mass is 35.5. The lowest BCUT2D eigenvalue weighted by atomic mass is 10.1. The van der Waals surface area contributed by atoms with E-state index >= 15 is 0 Å². The van der Waals surface area contributed by atoms with Gasteiger partial charge in [-0.05, 0) is 37.1 Å². The smallest absolute Gasteiger partial charge is 0.0761 e. The molecule has 0 aliphatic heterocycles. The fraction of sp³-hybridized carbons (Fsp3) is 0.438. The molecule has 0 saturated carbocycles. The quantitative estimate of drug-likeness (QED) is 0.837. The molecule has 0 spiro atoms. The number of aromatic nitrogens is 1. The molecule has 2 aromatic rings. The molecule has 102 valence electrons.